The highest BCUT2D eigenvalue weighted by Gasteiger charge is 2.30. The Morgan fingerprint density at radius 1 is 1.05 bits per heavy atom. The summed E-state index contributed by atoms with van der Waals surface area (Å²) in [7, 11) is 0. The van der Waals surface area contributed by atoms with E-state index in [2.05, 4.69) is 47.2 Å². The van der Waals surface area contributed by atoms with E-state index >= 15 is 0 Å². The molecule has 1 aliphatic rings. The number of hydrogen-bond acceptors (Lipinski definition) is 5. The highest BCUT2D eigenvalue weighted by atomic mass is 32.2. The normalized spacial score (nSPS) is 15.3. The number of aromatic amines is 1. The van der Waals surface area contributed by atoms with Crippen LogP contribution in [-0.2, 0) is 10.9 Å². The van der Waals surface area contributed by atoms with Crippen molar-refractivity contribution in [3.63, 3.8) is 0 Å². The summed E-state index contributed by atoms with van der Waals surface area (Å²) in [6, 6.07) is 11.5. The van der Waals surface area contributed by atoms with Gasteiger partial charge in [0.25, 0.3) is 0 Å². The van der Waals surface area contributed by atoms with Gasteiger partial charge in [-0.05, 0) is 61.8 Å². The Morgan fingerprint density at radius 2 is 1.84 bits per heavy atom. The highest BCUT2D eigenvalue weighted by Crippen LogP contribution is 2.33. The standard InChI is InChI=1S/C28H34F3N3O2S/c1-19-16-21(6-9-25(19)34-12-10-32-11-13-34)20(2)36-14-4-3-5-15-37-26-18-27(35)33-24-17-22(28(29,30)31)7-8-23(24)26/h6-9,16-18,20,32H,3-5,10-15H2,1-2H3,(H,33,35). The molecule has 1 aromatic heterocycles. The monoisotopic (exact) mass is 533 g/mol. The first-order valence-corrected chi connectivity index (χ1v) is 13.8. The number of halogens is 3. The first-order chi connectivity index (χ1) is 17.7. The number of rotatable bonds is 10. The van der Waals surface area contributed by atoms with E-state index in [0.717, 1.165) is 63.3 Å². The minimum atomic E-state index is -4.44. The highest BCUT2D eigenvalue weighted by molar-refractivity contribution is 7.99. The molecule has 0 bridgehead atoms. The van der Waals surface area contributed by atoms with Crippen molar-refractivity contribution in [1.82, 2.24) is 10.3 Å². The average molecular weight is 534 g/mol. The molecule has 2 heterocycles. The smallest absolute Gasteiger partial charge is 0.374 e. The number of benzene rings is 2. The third kappa shape index (κ3) is 7.30. The van der Waals surface area contributed by atoms with E-state index in [1.165, 1.54) is 40.7 Å². The van der Waals surface area contributed by atoms with Gasteiger partial charge in [0.1, 0.15) is 0 Å². The number of alkyl halides is 3. The number of anilines is 1. The molecule has 3 aromatic rings. The quantitative estimate of drug-likeness (QED) is 0.236. The van der Waals surface area contributed by atoms with Crippen LogP contribution in [0.5, 0.6) is 0 Å². The summed E-state index contributed by atoms with van der Waals surface area (Å²) < 4.78 is 45.1. The van der Waals surface area contributed by atoms with Crippen LogP contribution >= 0.6 is 11.8 Å². The van der Waals surface area contributed by atoms with Gasteiger partial charge in [-0.3, -0.25) is 4.79 Å². The van der Waals surface area contributed by atoms with Crippen molar-refractivity contribution >= 4 is 28.4 Å². The number of thioether (sulfide) groups is 1. The van der Waals surface area contributed by atoms with Gasteiger partial charge in [0.05, 0.1) is 11.7 Å². The molecule has 2 N–H and O–H groups in total. The molecule has 0 radical (unpaired) electrons. The molecule has 1 unspecified atom stereocenters. The van der Waals surface area contributed by atoms with Crippen molar-refractivity contribution in [2.45, 2.75) is 50.3 Å². The molecule has 1 saturated heterocycles. The van der Waals surface area contributed by atoms with Gasteiger partial charge in [0.2, 0.25) is 5.56 Å². The predicted octanol–water partition coefficient (Wildman–Crippen LogP) is 6.31. The topological polar surface area (TPSA) is 57.4 Å². The Kier molecular flexibility index (Phi) is 9.21. The summed E-state index contributed by atoms with van der Waals surface area (Å²) in [5, 5.41) is 4.02. The minimum Gasteiger partial charge on any atom is -0.374 e. The molecule has 1 aliphatic heterocycles. The number of ether oxygens (including phenoxy) is 1. The van der Waals surface area contributed by atoms with Crippen LogP contribution in [0.2, 0.25) is 0 Å². The van der Waals surface area contributed by atoms with E-state index in [9.17, 15) is 18.0 Å². The molecule has 0 amide bonds. The fraction of sp³-hybridized carbons (Fsp3) is 0.464. The van der Waals surface area contributed by atoms with Gasteiger partial charge in [-0.25, -0.2) is 0 Å². The molecule has 2 aromatic carbocycles. The van der Waals surface area contributed by atoms with Crippen molar-refractivity contribution in [2.24, 2.45) is 0 Å². The van der Waals surface area contributed by atoms with Gasteiger partial charge in [0.15, 0.2) is 0 Å². The Balaban J connectivity index is 1.21. The minimum absolute atomic E-state index is 0.0224. The second-order valence-electron chi connectivity index (χ2n) is 9.46. The van der Waals surface area contributed by atoms with E-state index in [1.807, 2.05) is 0 Å². The maximum Gasteiger partial charge on any atom is 0.416 e. The molecule has 37 heavy (non-hydrogen) atoms. The molecular formula is C28H34F3N3O2S. The van der Waals surface area contributed by atoms with Crippen LogP contribution in [0.4, 0.5) is 18.9 Å². The number of piperazine rings is 1. The van der Waals surface area contributed by atoms with E-state index in [4.69, 9.17) is 4.74 Å². The molecule has 4 rings (SSSR count). The number of nitrogens with zero attached hydrogens (tertiary/aromatic N) is 1. The van der Waals surface area contributed by atoms with Crippen molar-refractivity contribution in [1.29, 1.82) is 0 Å². The zero-order valence-electron chi connectivity index (χ0n) is 21.3. The SMILES string of the molecule is Cc1cc(C(C)OCCCCCSc2cc(=O)[nH]c3cc(C(F)(F)F)ccc23)ccc1N1CCNCC1. The number of nitrogens with one attached hydrogen (secondary N) is 2. The van der Waals surface area contributed by atoms with Gasteiger partial charge in [-0.2, -0.15) is 13.2 Å². The summed E-state index contributed by atoms with van der Waals surface area (Å²) in [5.74, 6) is 0.780. The van der Waals surface area contributed by atoms with Crippen LogP contribution in [0, 0.1) is 6.92 Å². The van der Waals surface area contributed by atoms with Crippen LogP contribution in [0.25, 0.3) is 10.9 Å². The zero-order valence-corrected chi connectivity index (χ0v) is 22.1. The maximum absolute atomic E-state index is 13.0. The molecule has 5 nitrogen and oxygen atoms in total. The number of hydrogen-bond donors (Lipinski definition) is 2. The Bertz CT molecular complexity index is 1260. The van der Waals surface area contributed by atoms with Gasteiger partial charge >= 0.3 is 6.18 Å². The predicted molar refractivity (Wildman–Crippen MR) is 145 cm³/mol. The van der Waals surface area contributed by atoms with Crippen LogP contribution in [-0.4, -0.2) is 43.5 Å². The molecule has 1 fully saturated rings. The van der Waals surface area contributed by atoms with E-state index in [0.29, 0.717) is 16.9 Å². The second-order valence-corrected chi connectivity index (χ2v) is 10.6. The van der Waals surface area contributed by atoms with E-state index in [1.54, 1.807) is 0 Å². The van der Waals surface area contributed by atoms with Crippen LogP contribution < -0.4 is 15.8 Å². The Labute approximate surface area is 219 Å². The molecular weight excluding hydrogens is 499 g/mol. The average Bonchev–Trinajstić information content (AvgIpc) is 2.87. The molecule has 0 saturated carbocycles. The lowest BCUT2D eigenvalue weighted by atomic mass is 10.0. The number of fused-ring (bicyclic) bond motifs is 1. The van der Waals surface area contributed by atoms with Crippen LogP contribution in [0.3, 0.4) is 0 Å². The van der Waals surface area contributed by atoms with Crippen molar-refractivity contribution in [2.75, 3.05) is 43.4 Å². The molecule has 1 atom stereocenters. The Morgan fingerprint density at radius 3 is 2.57 bits per heavy atom. The molecule has 200 valence electrons. The number of aromatic nitrogens is 1. The first kappa shape index (κ1) is 27.5. The number of pyridine rings is 1. The third-order valence-electron chi connectivity index (χ3n) is 6.69. The fourth-order valence-corrected chi connectivity index (χ4v) is 5.73. The number of H-pyrrole nitrogens is 1. The third-order valence-corrected chi connectivity index (χ3v) is 7.84. The summed E-state index contributed by atoms with van der Waals surface area (Å²) in [6.45, 7) is 8.99. The van der Waals surface area contributed by atoms with Gasteiger partial charge in [-0.1, -0.05) is 24.6 Å². The fourth-order valence-electron chi connectivity index (χ4n) is 4.64. The molecule has 9 heteroatoms. The number of unbranched alkanes of at least 4 members (excludes halogenated alkanes) is 2. The van der Waals surface area contributed by atoms with Crippen LogP contribution in [0.15, 0.2) is 52.2 Å². The van der Waals surface area contributed by atoms with Crippen LogP contribution in [0.1, 0.15) is 49.0 Å². The van der Waals surface area contributed by atoms with Gasteiger partial charge < -0.3 is 19.9 Å². The lowest BCUT2D eigenvalue weighted by molar-refractivity contribution is -0.137. The first-order valence-electron chi connectivity index (χ1n) is 12.8. The van der Waals surface area contributed by atoms with E-state index < -0.39 is 17.3 Å². The lowest BCUT2D eigenvalue weighted by Gasteiger charge is -2.31. The largest absolute Gasteiger partial charge is 0.416 e. The zero-order chi connectivity index (χ0) is 26.4. The lowest BCUT2D eigenvalue weighted by Crippen LogP contribution is -2.43. The summed E-state index contributed by atoms with van der Waals surface area (Å²) in [5.41, 5.74) is 2.80. The molecule has 0 aliphatic carbocycles. The second kappa shape index (κ2) is 12.4. The van der Waals surface area contributed by atoms with E-state index in [-0.39, 0.29) is 11.6 Å². The maximum atomic E-state index is 13.0. The van der Waals surface area contributed by atoms with Gasteiger partial charge in [0, 0.05) is 60.3 Å². The summed E-state index contributed by atoms with van der Waals surface area (Å²) in [4.78, 5) is 17.6. The molecule has 0 spiro atoms. The van der Waals surface area contributed by atoms with Crippen molar-refractivity contribution < 1.29 is 17.9 Å². The Hall–Kier alpha value is -2.49. The van der Waals surface area contributed by atoms with Crippen molar-refractivity contribution in [3.8, 4) is 0 Å². The van der Waals surface area contributed by atoms with Crippen molar-refractivity contribution in [3.05, 3.63) is 69.5 Å². The number of aryl methyl sites for hydroxylation is 1. The summed E-state index contributed by atoms with van der Waals surface area (Å²) >= 11 is 1.50. The summed E-state index contributed by atoms with van der Waals surface area (Å²) in [6.07, 6.45) is -1.60. The van der Waals surface area contributed by atoms with Gasteiger partial charge in [-0.15, -0.1) is 11.8 Å².